The molecule has 3 nitrogen and oxygen atoms in total. The maximum absolute atomic E-state index is 6.69. The molecular formula is C67H44N2O. The summed E-state index contributed by atoms with van der Waals surface area (Å²) in [6, 6.07) is 72.4. The highest BCUT2D eigenvalue weighted by Crippen LogP contribution is 2.53. The molecule has 13 aromatic rings. The number of furan rings is 1. The number of nitrogens with zero attached hydrogens (tertiary/aromatic N) is 2. The van der Waals surface area contributed by atoms with Gasteiger partial charge in [0.2, 0.25) is 0 Å². The summed E-state index contributed by atoms with van der Waals surface area (Å²) in [6.07, 6.45) is 7.98. The molecule has 3 heteroatoms. The summed E-state index contributed by atoms with van der Waals surface area (Å²) in [5.74, 6) is 0.225. The first-order chi connectivity index (χ1) is 34.5. The monoisotopic (exact) mass is 892 g/mol. The lowest BCUT2D eigenvalue weighted by Crippen LogP contribution is -2.15. The van der Waals surface area contributed by atoms with Crippen molar-refractivity contribution in [1.29, 1.82) is 0 Å². The summed E-state index contributed by atoms with van der Waals surface area (Å²) in [6.45, 7) is 4.78. The molecule has 16 rings (SSSR count). The van der Waals surface area contributed by atoms with Crippen LogP contribution in [0.15, 0.2) is 217 Å². The maximum Gasteiger partial charge on any atom is 0.137 e. The molecule has 1 unspecified atom stereocenters. The van der Waals surface area contributed by atoms with Crippen LogP contribution in [-0.4, -0.2) is 9.13 Å². The lowest BCUT2D eigenvalue weighted by molar-refractivity contribution is 0.661. The standard InChI is InChI=1S/C67H44N2O/c1-67(2)58-24-10-8-20-47(58)52-35-55-53-33-39(40-27-31-64-56(34-40)57-36-54-48-21-9-11-25-60(48)68(42-15-4-3-5-16-42)63(54)38-65(57)70-64)26-30-61(53)69(62(55)37-59(52)67)43-17-12-14-41(32-43)44-28-29-51-46-19-7-6-18-45(46)50-23-13-22-49(44)66(50)51/h3-31,33-38,41H,32H2,1-2H3. The van der Waals surface area contributed by atoms with Crippen LogP contribution in [0.4, 0.5) is 0 Å². The van der Waals surface area contributed by atoms with Crippen molar-refractivity contribution >= 4 is 82.0 Å². The molecule has 0 aliphatic heterocycles. The van der Waals surface area contributed by atoms with Crippen LogP contribution in [0.5, 0.6) is 0 Å². The number of hydrogen-bond acceptors (Lipinski definition) is 1. The number of para-hydroxylation sites is 2. The fourth-order valence-corrected chi connectivity index (χ4v) is 13.2. The van der Waals surface area contributed by atoms with Crippen LogP contribution in [0.25, 0.3) is 132 Å². The largest absolute Gasteiger partial charge is 0.456 e. The minimum Gasteiger partial charge on any atom is -0.456 e. The molecule has 0 radical (unpaired) electrons. The SMILES string of the molecule is CC1(C)c2ccccc2-c2cc3c4cc(-c5ccc6oc7cc8c(cc7c6c5)c5ccccc5n8-c5ccccc5)ccc4n(C4=CC=CC(c5ccc6c7c(cccc57)-c5ccccc5-6)C4)c3cc21. The van der Waals surface area contributed by atoms with E-state index < -0.39 is 0 Å². The fraction of sp³-hybridized carbons (Fsp3) is 0.0746. The van der Waals surface area contributed by atoms with E-state index in [2.05, 4.69) is 235 Å². The van der Waals surface area contributed by atoms with E-state index in [1.807, 2.05) is 0 Å². The summed E-state index contributed by atoms with van der Waals surface area (Å²) in [5.41, 5.74) is 23.5. The Morgan fingerprint density at radius 3 is 1.96 bits per heavy atom. The summed E-state index contributed by atoms with van der Waals surface area (Å²) in [5, 5.41) is 10.0. The Hall–Kier alpha value is -8.66. The summed E-state index contributed by atoms with van der Waals surface area (Å²) in [7, 11) is 0. The first-order valence-corrected chi connectivity index (χ1v) is 24.7. The molecule has 70 heavy (non-hydrogen) atoms. The maximum atomic E-state index is 6.69. The van der Waals surface area contributed by atoms with Gasteiger partial charge in [0.1, 0.15) is 11.2 Å². The minimum absolute atomic E-state index is 0.122. The van der Waals surface area contributed by atoms with Gasteiger partial charge in [-0.2, -0.15) is 0 Å². The highest BCUT2D eigenvalue weighted by molar-refractivity contribution is 6.19. The van der Waals surface area contributed by atoms with Crippen molar-refractivity contribution in [3.63, 3.8) is 0 Å². The van der Waals surface area contributed by atoms with E-state index in [0.717, 1.165) is 39.6 Å². The van der Waals surface area contributed by atoms with E-state index in [1.54, 1.807) is 0 Å². The molecule has 1 atom stereocenters. The average molecular weight is 893 g/mol. The number of aromatic nitrogens is 2. The van der Waals surface area contributed by atoms with Crippen LogP contribution < -0.4 is 0 Å². The topological polar surface area (TPSA) is 23.0 Å². The van der Waals surface area contributed by atoms with Crippen molar-refractivity contribution in [3.8, 4) is 50.2 Å². The van der Waals surface area contributed by atoms with E-state index in [1.165, 1.54) is 116 Å². The molecule has 3 aliphatic carbocycles. The first-order valence-electron chi connectivity index (χ1n) is 24.7. The molecule has 0 saturated carbocycles. The van der Waals surface area contributed by atoms with Crippen molar-refractivity contribution in [2.75, 3.05) is 0 Å². The third kappa shape index (κ3) is 5.08. The smallest absolute Gasteiger partial charge is 0.137 e. The lowest BCUT2D eigenvalue weighted by atomic mass is 9.82. The number of allylic oxidation sites excluding steroid dienone is 4. The van der Waals surface area contributed by atoms with E-state index in [0.29, 0.717) is 0 Å². The second kappa shape index (κ2) is 13.7. The van der Waals surface area contributed by atoms with Gasteiger partial charge in [-0.15, -0.1) is 0 Å². The quantitative estimate of drug-likeness (QED) is 0.173. The van der Waals surface area contributed by atoms with Crippen molar-refractivity contribution in [2.24, 2.45) is 0 Å². The van der Waals surface area contributed by atoms with Crippen LogP contribution in [0.2, 0.25) is 0 Å². The van der Waals surface area contributed by atoms with E-state index in [9.17, 15) is 0 Å². The van der Waals surface area contributed by atoms with Gasteiger partial charge in [0.15, 0.2) is 0 Å². The molecule has 3 aromatic heterocycles. The van der Waals surface area contributed by atoms with Gasteiger partial charge in [0.25, 0.3) is 0 Å². The molecule has 10 aromatic carbocycles. The molecule has 0 N–H and O–H groups in total. The van der Waals surface area contributed by atoms with Gasteiger partial charge in [0.05, 0.1) is 22.1 Å². The van der Waals surface area contributed by atoms with Crippen LogP contribution in [-0.2, 0) is 5.41 Å². The lowest BCUT2D eigenvalue weighted by Gasteiger charge is -2.24. The average Bonchev–Trinajstić information content (AvgIpc) is 4.18. The molecule has 0 bridgehead atoms. The van der Waals surface area contributed by atoms with E-state index >= 15 is 0 Å². The van der Waals surface area contributed by atoms with Crippen LogP contribution >= 0.6 is 0 Å². The van der Waals surface area contributed by atoms with Crippen LogP contribution in [0, 0.1) is 0 Å². The van der Waals surface area contributed by atoms with Crippen LogP contribution in [0.1, 0.15) is 42.9 Å². The second-order valence-electron chi connectivity index (χ2n) is 20.3. The predicted octanol–water partition coefficient (Wildman–Crippen LogP) is 18.1. The number of rotatable bonds is 4. The fourth-order valence-electron chi connectivity index (χ4n) is 13.2. The Morgan fingerprint density at radius 1 is 0.429 bits per heavy atom. The minimum atomic E-state index is -0.122. The van der Waals surface area contributed by atoms with Gasteiger partial charge < -0.3 is 13.6 Å². The zero-order valence-electron chi connectivity index (χ0n) is 38.8. The Balaban J connectivity index is 0.862. The second-order valence-corrected chi connectivity index (χ2v) is 20.3. The predicted molar refractivity (Wildman–Crippen MR) is 293 cm³/mol. The van der Waals surface area contributed by atoms with Gasteiger partial charge in [-0.1, -0.05) is 153 Å². The highest BCUT2D eigenvalue weighted by Gasteiger charge is 2.36. The zero-order chi connectivity index (χ0) is 46.0. The third-order valence-corrected chi connectivity index (χ3v) is 16.4. The van der Waals surface area contributed by atoms with Gasteiger partial charge >= 0.3 is 0 Å². The number of hydrogen-bond donors (Lipinski definition) is 0. The summed E-state index contributed by atoms with van der Waals surface area (Å²) in [4.78, 5) is 0. The summed E-state index contributed by atoms with van der Waals surface area (Å²) >= 11 is 0. The van der Waals surface area contributed by atoms with E-state index in [4.69, 9.17) is 4.42 Å². The molecule has 0 spiro atoms. The Bertz CT molecular complexity index is 4500. The van der Waals surface area contributed by atoms with Gasteiger partial charge in [-0.05, 0) is 145 Å². The molecule has 3 heterocycles. The molecule has 3 aliphatic rings. The third-order valence-electron chi connectivity index (χ3n) is 16.4. The van der Waals surface area contributed by atoms with Crippen LogP contribution in [0.3, 0.4) is 0 Å². The molecule has 0 saturated heterocycles. The molecule has 328 valence electrons. The van der Waals surface area contributed by atoms with Crippen molar-refractivity contribution in [3.05, 3.63) is 229 Å². The van der Waals surface area contributed by atoms with Crippen molar-refractivity contribution in [1.82, 2.24) is 9.13 Å². The Kier molecular flexibility index (Phi) is 7.52. The normalized spacial score (nSPS) is 15.5. The van der Waals surface area contributed by atoms with Gasteiger partial charge in [-0.25, -0.2) is 0 Å². The molecule has 0 fully saturated rings. The molecule has 0 amide bonds. The highest BCUT2D eigenvalue weighted by atomic mass is 16.3. The number of fused-ring (bicyclic) bond motifs is 15. The zero-order valence-corrected chi connectivity index (χ0v) is 38.8. The number of benzene rings is 10. The van der Waals surface area contributed by atoms with Gasteiger partial charge in [0, 0.05) is 61.1 Å². The first kappa shape index (κ1) is 38.3. The van der Waals surface area contributed by atoms with Gasteiger partial charge in [-0.3, -0.25) is 0 Å². The Morgan fingerprint density at radius 2 is 1.09 bits per heavy atom. The summed E-state index contributed by atoms with van der Waals surface area (Å²) < 4.78 is 11.6. The van der Waals surface area contributed by atoms with Crippen molar-refractivity contribution < 1.29 is 4.42 Å². The molecular weight excluding hydrogens is 849 g/mol. The van der Waals surface area contributed by atoms with E-state index in [-0.39, 0.29) is 11.3 Å². The van der Waals surface area contributed by atoms with Crippen molar-refractivity contribution in [2.45, 2.75) is 31.6 Å². The Labute approximate surface area is 404 Å².